The van der Waals surface area contributed by atoms with Gasteiger partial charge in [0.05, 0.1) is 12.8 Å². The Balaban J connectivity index is 1.79. The highest BCUT2D eigenvalue weighted by Gasteiger charge is 2.01. The summed E-state index contributed by atoms with van der Waals surface area (Å²) in [4.78, 5) is 15.6. The second-order valence-electron chi connectivity index (χ2n) is 4.40. The number of hydrogen-bond acceptors (Lipinski definition) is 4. The van der Waals surface area contributed by atoms with Crippen LogP contribution in [0, 0.1) is 10.5 Å². The highest BCUT2D eigenvalue weighted by molar-refractivity contribution is 14.1. The number of pyridine rings is 1. The average Bonchev–Trinajstić information content (AvgIpc) is 2.49. The standard InChI is InChI=1S/C15H15IN4O/c1-11-7-13(4-5-14(11)16)18-10-15(21)20-19-9-12-3-2-6-17-8-12/h2-9,18H,10H2,1H3,(H,20,21). The minimum absolute atomic E-state index is 0.171. The molecule has 0 radical (unpaired) electrons. The second-order valence-corrected chi connectivity index (χ2v) is 5.56. The zero-order valence-corrected chi connectivity index (χ0v) is 13.7. The maximum atomic E-state index is 11.7. The lowest BCUT2D eigenvalue weighted by atomic mass is 10.2. The predicted octanol–water partition coefficient (Wildman–Crippen LogP) is 2.56. The molecular weight excluding hydrogens is 379 g/mol. The molecule has 0 bridgehead atoms. The van der Waals surface area contributed by atoms with Crippen molar-refractivity contribution in [1.82, 2.24) is 10.4 Å². The summed E-state index contributed by atoms with van der Waals surface area (Å²) in [6.45, 7) is 2.20. The molecule has 1 aromatic carbocycles. The number of anilines is 1. The van der Waals surface area contributed by atoms with Gasteiger partial charge < -0.3 is 5.32 Å². The maximum absolute atomic E-state index is 11.7. The van der Waals surface area contributed by atoms with Crippen LogP contribution >= 0.6 is 22.6 Å². The maximum Gasteiger partial charge on any atom is 0.259 e. The minimum atomic E-state index is -0.202. The third-order valence-electron chi connectivity index (χ3n) is 2.70. The van der Waals surface area contributed by atoms with Crippen molar-refractivity contribution in [1.29, 1.82) is 0 Å². The summed E-state index contributed by atoms with van der Waals surface area (Å²) in [6, 6.07) is 9.63. The summed E-state index contributed by atoms with van der Waals surface area (Å²) < 4.78 is 1.20. The molecule has 0 spiro atoms. The van der Waals surface area contributed by atoms with Gasteiger partial charge in [-0.3, -0.25) is 9.78 Å². The molecule has 2 aromatic rings. The molecule has 0 saturated heterocycles. The Labute approximate surface area is 137 Å². The van der Waals surface area contributed by atoms with Gasteiger partial charge in [-0.15, -0.1) is 0 Å². The van der Waals surface area contributed by atoms with Crippen LogP contribution in [0.2, 0.25) is 0 Å². The Morgan fingerprint density at radius 3 is 3.00 bits per heavy atom. The first-order chi connectivity index (χ1) is 10.1. The Morgan fingerprint density at radius 1 is 1.43 bits per heavy atom. The minimum Gasteiger partial charge on any atom is -0.376 e. The van der Waals surface area contributed by atoms with Crippen LogP contribution in [0.4, 0.5) is 5.69 Å². The fourth-order valence-corrected chi connectivity index (χ4v) is 1.94. The van der Waals surface area contributed by atoms with Crippen molar-refractivity contribution in [3.05, 3.63) is 57.4 Å². The van der Waals surface area contributed by atoms with Gasteiger partial charge in [0, 0.05) is 27.2 Å². The predicted molar refractivity (Wildman–Crippen MR) is 92.4 cm³/mol. The first-order valence-corrected chi connectivity index (χ1v) is 7.45. The number of aromatic nitrogens is 1. The molecule has 0 atom stereocenters. The fourth-order valence-electron chi connectivity index (χ4n) is 1.61. The van der Waals surface area contributed by atoms with E-state index in [1.807, 2.05) is 37.3 Å². The van der Waals surface area contributed by atoms with E-state index in [9.17, 15) is 4.79 Å². The molecule has 0 saturated carbocycles. The highest BCUT2D eigenvalue weighted by Crippen LogP contribution is 2.16. The highest BCUT2D eigenvalue weighted by atomic mass is 127. The van der Waals surface area contributed by atoms with Crippen LogP contribution in [0.25, 0.3) is 0 Å². The van der Waals surface area contributed by atoms with Crippen molar-refractivity contribution >= 4 is 40.4 Å². The van der Waals surface area contributed by atoms with Crippen LogP contribution in [0.15, 0.2) is 47.8 Å². The number of aryl methyl sites for hydroxylation is 1. The Bertz CT molecular complexity index is 643. The van der Waals surface area contributed by atoms with E-state index in [4.69, 9.17) is 0 Å². The first kappa shape index (κ1) is 15.4. The molecule has 6 heteroatoms. The summed E-state index contributed by atoms with van der Waals surface area (Å²) in [5.41, 5.74) is 5.39. The van der Waals surface area contributed by atoms with Crippen LogP contribution < -0.4 is 10.7 Å². The number of hydrogen-bond donors (Lipinski definition) is 2. The topological polar surface area (TPSA) is 66.4 Å². The Kier molecular flexibility index (Phi) is 5.68. The summed E-state index contributed by atoms with van der Waals surface area (Å²) in [5, 5.41) is 6.94. The number of carbonyl (C=O) groups is 1. The van der Waals surface area contributed by atoms with Gasteiger partial charge in [0.1, 0.15) is 0 Å². The van der Waals surface area contributed by atoms with Crippen molar-refractivity contribution in [3.63, 3.8) is 0 Å². The molecule has 1 amide bonds. The SMILES string of the molecule is Cc1cc(NCC(=O)NN=Cc2cccnc2)ccc1I. The summed E-state index contributed by atoms with van der Waals surface area (Å²) in [6.07, 6.45) is 4.91. The number of nitrogens with one attached hydrogen (secondary N) is 2. The van der Waals surface area contributed by atoms with Crippen molar-refractivity contribution in [2.75, 3.05) is 11.9 Å². The molecule has 2 rings (SSSR count). The molecule has 0 aliphatic heterocycles. The molecule has 0 aliphatic rings. The molecule has 5 nitrogen and oxygen atoms in total. The number of amides is 1. The third-order valence-corrected chi connectivity index (χ3v) is 3.91. The largest absolute Gasteiger partial charge is 0.376 e. The molecule has 1 aromatic heterocycles. The van der Waals surface area contributed by atoms with Crippen molar-refractivity contribution in [3.8, 4) is 0 Å². The molecule has 2 N–H and O–H groups in total. The quantitative estimate of drug-likeness (QED) is 0.466. The zero-order valence-electron chi connectivity index (χ0n) is 11.5. The summed E-state index contributed by atoms with van der Waals surface area (Å²) in [5.74, 6) is -0.202. The van der Waals surface area contributed by atoms with E-state index in [-0.39, 0.29) is 12.5 Å². The number of halogens is 1. The molecule has 0 fully saturated rings. The van der Waals surface area contributed by atoms with Crippen molar-refractivity contribution in [2.24, 2.45) is 5.10 Å². The van der Waals surface area contributed by atoms with Gasteiger partial charge in [-0.2, -0.15) is 5.10 Å². The molecule has 21 heavy (non-hydrogen) atoms. The average molecular weight is 394 g/mol. The zero-order chi connectivity index (χ0) is 15.1. The van der Waals surface area contributed by atoms with Gasteiger partial charge in [0.2, 0.25) is 0 Å². The molecule has 108 valence electrons. The van der Waals surface area contributed by atoms with Crippen LogP contribution in [-0.2, 0) is 4.79 Å². The number of carbonyl (C=O) groups excluding carboxylic acids is 1. The third kappa shape index (κ3) is 5.14. The normalized spacial score (nSPS) is 10.6. The van der Waals surface area contributed by atoms with E-state index in [1.165, 1.54) is 9.13 Å². The summed E-state index contributed by atoms with van der Waals surface area (Å²) in [7, 11) is 0. The molecule has 0 unspecified atom stereocenters. The number of benzene rings is 1. The second kappa shape index (κ2) is 7.72. The van der Waals surface area contributed by atoms with Crippen molar-refractivity contribution < 1.29 is 4.79 Å². The number of nitrogens with zero attached hydrogens (tertiary/aromatic N) is 2. The van der Waals surface area contributed by atoms with E-state index in [0.717, 1.165) is 11.3 Å². The van der Waals surface area contributed by atoms with Gasteiger partial charge in [-0.05, 0) is 59.3 Å². The van der Waals surface area contributed by atoms with Crippen LogP contribution in [-0.4, -0.2) is 23.7 Å². The fraction of sp³-hybridized carbons (Fsp3) is 0.133. The van der Waals surface area contributed by atoms with Gasteiger partial charge >= 0.3 is 0 Å². The van der Waals surface area contributed by atoms with Crippen LogP contribution in [0.3, 0.4) is 0 Å². The van der Waals surface area contributed by atoms with Crippen LogP contribution in [0.1, 0.15) is 11.1 Å². The molecule has 1 heterocycles. The smallest absolute Gasteiger partial charge is 0.259 e. The van der Waals surface area contributed by atoms with Crippen molar-refractivity contribution in [2.45, 2.75) is 6.92 Å². The van der Waals surface area contributed by atoms with E-state index in [2.05, 4.69) is 43.4 Å². The van der Waals surface area contributed by atoms with Gasteiger partial charge in [-0.1, -0.05) is 6.07 Å². The lowest BCUT2D eigenvalue weighted by Crippen LogP contribution is -2.25. The number of hydrazone groups is 1. The monoisotopic (exact) mass is 394 g/mol. The first-order valence-electron chi connectivity index (χ1n) is 6.37. The molecule has 0 aliphatic carbocycles. The van der Waals surface area contributed by atoms with Gasteiger partial charge in [0.15, 0.2) is 0 Å². The summed E-state index contributed by atoms with van der Waals surface area (Å²) >= 11 is 2.28. The lowest BCUT2D eigenvalue weighted by Gasteiger charge is -2.07. The van der Waals surface area contributed by atoms with Gasteiger partial charge in [-0.25, -0.2) is 5.43 Å². The Morgan fingerprint density at radius 2 is 2.29 bits per heavy atom. The van der Waals surface area contributed by atoms with Gasteiger partial charge in [0.25, 0.3) is 5.91 Å². The van der Waals surface area contributed by atoms with E-state index in [0.29, 0.717) is 0 Å². The lowest BCUT2D eigenvalue weighted by molar-refractivity contribution is -0.119. The van der Waals surface area contributed by atoms with E-state index < -0.39 is 0 Å². The van der Waals surface area contributed by atoms with E-state index >= 15 is 0 Å². The molecular formula is C15H15IN4O. The Hall–Kier alpha value is -1.96. The number of rotatable bonds is 5. The van der Waals surface area contributed by atoms with Crippen LogP contribution in [0.5, 0.6) is 0 Å². The van der Waals surface area contributed by atoms with E-state index in [1.54, 1.807) is 18.6 Å².